The summed E-state index contributed by atoms with van der Waals surface area (Å²) in [5.74, 6) is 1.10. The smallest absolute Gasteiger partial charge is 0.288 e. The van der Waals surface area contributed by atoms with Crippen LogP contribution in [0.1, 0.15) is 18.4 Å². The number of non-ortho nitro benzene ring substituents is 1. The van der Waals surface area contributed by atoms with Crippen molar-refractivity contribution in [3.63, 3.8) is 0 Å². The number of methoxy groups -OCH3 is 1. The quantitative estimate of drug-likeness (QED) is 0.308. The Labute approximate surface area is 172 Å². The zero-order chi connectivity index (χ0) is 20.4. The van der Waals surface area contributed by atoms with Gasteiger partial charge in [0.05, 0.1) is 18.7 Å². The van der Waals surface area contributed by atoms with E-state index in [1.807, 2.05) is 24.3 Å². The van der Waals surface area contributed by atoms with Crippen LogP contribution >= 0.6 is 12.2 Å². The number of ether oxygens (including phenoxy) is 1. The first-order chi connectivity index (χ1) is 14.0. The molecule has 1 aromatic heterocycles. The van der Waals surface area contributed by atoms with Crippen molar-refractivity contribution < 1.29 is 14.1 Å². The second-order valence-electron chi connectivity index (χ2n) is 6.95. The van der Waals surface area contributed by atoms with E-state index >= 15 is 0 Å². The number of rotatable bonds is 8. The predicted molar refractivity (Wildman–Crippen MR) is 109 cm³/mol. The number of nitro groups is 1. The molecule has 1 saturated carbocycles. The molecule has 0 N–H and O–H groups in total. The number of hydrogen-bond acceptors (Lipinski definition) is 7. The van der Waals surface area contributed by atoms with Gasteiger partial charge in [0.15, 0.2) is 0 Å². The van der Waals surface area contributed by atoms with Crippen LogP contribution in [-0.4, -0.2) is 32.8 Å². The van der Waals surface area contributed by atoms with E-state index in [2.05, 4.69) is 10.00 Å². The molecule has 0 bridgehead atoms. The zero-order valence-corrected chi connectivity index (χ0v) is 16.7. The van der Waals surface area contributed by atoms with Crippen molar-refractivity contribution in [1.29, 1.82) is 0 Å². The van der Waals surface area contributed by atoms with Gasteiger partial charge in [-0.05, 0) is 48.8 Å². The Bertz CT molecular complexity index is 1070. The van der Waals surface area contributed by atoms with Crippen LogP contribution in [0.2, 0.25) is 0 Å². The van der Waals surface area contributed by atoms with Crippen LogP contribution in [0.5, 0.6) is 5.75 Å². The molecule has 1 aliphatic rings. The third-order valence-corrected chi connectivity index (χ3v) is 5.13. The first kappa shape index (κ1) is 19.3. The standard InChI is InChI=1S/C20H20N4O4S/c1-27-18-9-5-14(6-10-18)12-22(16-7-8-16)13-23-20(29)28-19(21-23)15-3-2-4-17(11-15)24(25)26/h2-6,9-11,16H,7-8,12-13H2,1H3. The molecule has 0 amide bonds. The van der Waals surface area contributed by atoms with Crippen molar-refractivity contribution in [3.8, 4) is 17.2 Å². The maximum absolute atomic E-state index is 11.0. The summed E-state index contributed by atoms with van der Waals surface area (Å²) in [6.07, 6.45) is 2.28. The van der Waals surface area contributed by atoms with E-state index in [1.165, 1.54) is 17.7 Å². The number of aromatic nitrogens is 2. The van der Waals surface area contributed by atoms with Gasteiger partial charge in [0.1, 0.15) is 5.75 Å². The fourth-order valence-corrected chi connectivity index (χ4v) is 3.31. The molecule has 1 aliphatic carbocycles. The lowest BCUT2D eigenvalue weighted by atomic mass is 10.2. The molecule has 29 heavy (non-hydrogen) atoms. The summed E-state index contributed by atoms with van der Waals surface area (Å²) in [7, 11) is 1.65. The molecule has 8 nitrogen and oxygen atoms in total. The van der Waals surface area contributed by atoms with Gasteiger partial charge in [-0.25, -0.2) is 4.68 Å². The Hall–Kier alpha value is -3.04. The van der Waals surface area contributed by atoms with E-state index in [0.717, 1.165) is 25.1 Å². The van der Waals surface area contributed by atoms with Gasteiger partial charge in [0.25, 0.3) is 10.5 Å². The third kappa shape index (κ3) is 4.52. The van der Waals surface area contributed by atoms with Crippen LogP contribution < -0.4 is 4.74 Å². The average Bonchev–Trinajstić information content (AvgIpc) is 3.52. The molecule has 0 spiro atoms. The number of benzene rings is 2. The van der Waals surface area contributed by atoms with Gasteiger partial charge < -0.3 is 9.15 Å². The molecule has 4 rings (SSSR count). The normalized spacial score (nSPS) is 13.6. The molecular formula is C20H20N4O4S. The van der Waals surface area contributed by atoms with Gasteiger partial charge in [0.2, 0.25) is 5.89 Å². The highest BCUT2D eigenvalue weighted by Gasteiger charge is 2.30. The molecule has 0 unspecified atom stereocenters. The Balaban J connectivity index is 1.53. The maximum Gasteiger partial charge on any atom is 0.288 e. The minimum Gasteiger partial charge on any atom is -0.497 e. The summed E-state index contributed by atoms with van der Waals surface area (Å²) < 4.78 is 12.5. The molecule has 0 atom stereocenters. The molecule has 150 valence electrons. The number of nitro benzene ring substituents is 1. The molecule has 1 heterocycles. The minimum absolute atomic E-state index is 0.0164. The van der Waals surface area contributed by atoms with Crippen LogP contribution in [-0.2, 0) is 13.2 Å². The number of nitrogens with zero attached hydrogens (tertiary/aromatic N) is 4. The van der Waals surface area contributed by atoms with E-state index < -0.39 is 4.92 Å². The van der Waals surface area contributed by atoms with Crippen molar-refractivity contribution >= 4 is 17.9 Å². The Morgan fingerprint density at radius 3 is 2.72 bits per heavy atom. The molecule has 0 aliphatic heterocycles. The first-order valence-electron chi connectivity index (χ1n) is 9.23. The van der Waals surface area contributed by atoms with Crippen molar-refractivity contribution in [2.24, 2.45) is 0 Å². The van der Waals surface area contributed by atoms with Gasteiger partial charge in [-0.3, -0.25) is 15.0 Å². The van der Waals surface area contributed by atoms with E-state index in [4.69, 9.17) is 21.4 Å². The van der Waals surface area contributed by atoms with Crippen LogP contribution in [0.25, 0.3) is 11.5 Å². The van der Waals surface area contributed by atoms with Crippen molar-refractivity contribution in [3.05, 3.63) is 69.0 Å². The topological polar surface area (TPSA) is 86.6 Å². The van der Waals surface area contributed by atoms with Gasteiger partial charge in [-0.15, -0.1) is 5.10 Å². The van der Waals surface area contributed by atoms with Gasteiger partial charge in [0, 0.05) is 30.3 Å². The maximum atomic E-state index is 11.0. The summed E-state index contributed by atoms with van der Waals surface area (Å²) in [4.78, 5) is 13.1. The third-order valence-electron chi connectivity index (χ3n) is 4.83. The second kappa shape index (κ2) is 8.14. The summed E-state index contributed by atoms with van der Waals surface area (Å²) in [6, 6.07) is 14.6. The monoisotopic (exact) mass is 412 g/mol. The average molecular weight is 412 g/mol. The van der Waals surface area contributed by atoms with Gasteiger partial charge in [-0.2, -0.15) is 0 Å². The number of hydrogen-bond donors (Lipinski definition) is 0. The lowest BCUT2D eigenvalue weighted by Gasteiger charge is -2.21. The molecule has 9 heteroatoms. The minimum atomic E-state index is -0.446. The van der Waals surface area contributed by atoms with Crippen LogP contribution in [0.4, 0.5) is 5.69 Å². The molecular weight excluding hydrogens is 392 g/mol. The Morgan fingerprint density at radius 1 is 1.31 bits per heavy atom. The van der Waals surface area contributed by atoms with Crippen LogP contribution in [0, 0.1) is 15.0 Å². The lowest BCUT2D eigenvalue weighted by Crippen LogP contribution is -2.28. The molecule has 3 aromatic rings. The second-order valence-corrected chi connectivity index (χ2v) is 7.30. The first-order valence-corrected chi connectivity index (χ1v) is 9.64. The summed E-state index contributed by atoms with van der Waals surface area (Å²) >= 11 is 5.34. The Kier molecular flexibility index (Phi) is 5.41. The van der Waals surface area contributed by atoms with Gasteiger partial charge in [-0.1, -0.05) is 18.2 Å². The predicted octanol–water partition coefficient (Wildman–Crippen LogP) is 4.41. The summed E-state index contributed by atoms with van der Waals surface area (Å²) in [5, 5.41) is 15.5. The molecule has 2 aromatic carbocycles. The van der Waals surface area contributed by atoms with Crippen molar-refractivity contribution in [2.45, 2.75) is 32.1 Å². The largest absolute Gasteiger partial charge is 0.497 e. The van der Waals surface area contributed by atoms with E-state index in [0.29, 0.717) is 18.3 Å². The fourth-order valence-electron chi connectivity index (χ4n) is 3.14. The zero-order valence-electron chi connectivity index (χ0n) is 15.9. The summed E-state index contributed by atoms with van der Waals surface area (Å²) in [6.45, 7) is 1.25. The Morgan fingerprint density at radius 2 is 2.07 bits per heavy atom. The van der Waals surface area contributed by atoms with Gasteiger partial charge >= 0.3 is 0 Å². The van der Waals surface area contributed by atoms with E-state index in [1.54, 1.807) is 23.9 Å². The van der Waals surface area contributed by atoms with Crippen molar-refractivity contribution in [1.82, 2.24) is 14.7 Å². The van der Waals surface area contributed by atoms with E-state index in [9.17, 15) is 10.1 Å². The summed E-state index contributed by atoms with van der Waals surface area (Å²) in [5.41, 5.74) is 1.68. The highest BCUT2D eigenvalue weighted by atomic mass is 32.1. The SMILES string of the molecule is COc1ccc(CN(Cn2nc(-c3cccc([N+](=O)[O-])c3)oc2=S)C2CC2)cc1. The highest BCUT2D eigenvalue weighted by Crippen LogP contribution is 2.30. The van der Waals surface area contributed by atoms with Crippen LogP contribution in [0.3, 0.4) is 0 Å². The highest BCUT2D eigenvalue weighted by molar-refractivity contribution is 7.71. The fraction of sp³-hybridized carbons (Fsp3) is 0.300. The molecule has 0 radical (unpaired) electrons. The lowest BCUT2D eigenvalue weighted by molar-refractivity contribution is -0.384. The van der Waals surface area contributed by atoms with Crippen molar-refractivity contribution in [2.75, 3.05) is 7.11 Å². The van der Waals surface area contributed by atoms with Crippen LogP contribution in [0.15, 0.2) is 52.9 Å². The molecule has 0 saturated heterocycles. The van der Waals surface area contributed by atoms with E-state index in [-0.39, 0.29) is 16.4 Å². The molecule has 1 fully saturated rings.